The van der Waals surface area contributed by atoms with E-state index in [9.17, 15) is 0 Å². The lowest BCUT2D eigenvalue weighted by Gasteiger charge is -2.29. The van der Waals surface area contributed by atoms with E-state index < -0.39 is 0 Å². The van der Waals surface area contributed by atoms with E-state index in [1.165, 1.54) is 0 Å². The molecule has 3 nitrogen and oxygen atoms in total. The van der Waals surface area contributed by atoms with Crippen LogP contribution in [-0.4, -0.2) is 30.0 Å². The molecule has 78 valence electrons. The maximum absolute atomic E-state index is 5.85. The van der Waals surface area contributed by atoms with Crippen LogP contribution in [0, 0.1) is 5.92 Å². The van der Waals surface area contributed by atoms with Gasteiger partial charge in [-0.25, -0.2) is 0 Å². The third-order valence-electron chi connectivity index (χ3n) is 1.80. The lowest BCUT2D eigenvalue weighted by molar-refractivity contribution is 0.307. The van der Waals surface area contributed by atoms with E-state index in [0.29, 0.717) is 17.9 Å². The summed E-state index contributed by atoms with van der Waals surface area (Å²) in [4.78, 5) is 6.37. The van der Waals surface area contributed by atoms with Crippen LogP contribution >= 0.6 is 0 Å². The van der Waals surface area contributed by atoms with Gasteiger partial charge in [0.05, 0.1) is 0 Å². The number of hydrogen-bond acceptors (Lipinski definition) is 1. The second-order valence-corrected chi connectivity index (χ2v) is 3.97. The Morgan fingerprint density at radius 3 is 2.15 bits per heavy atom. The molecule has 0 saturated heterocycles. The minimum Gasteiger partial charge on any atom is -0.370 e. The molecule has 2 N–H and O–H groups in total. The lowest BCUT2D eigenvalue weighted by atomic mass is 10.2. The molecule has 0 spiro atoms. The lowest BCUT2D eigenvalue weighted by Crippen LogP contribution is -2.44. The largest absolute Gasteiger partial charge is 0.370 e. The topological polar surface area (TPSA) is 41.6 Å². The molecule has 0 rings (SSSR count). The number of guanidine groups is 1. The zero-order chi connectivity index (χ0) is 10.4. The Morgan fingerprint density at radius 1 is 1.31 bits per heavy atom. The maximum Gasteiger partial charge on any atom is 0.191 e. The molecule has 0 bridgehead atoms. The number of nitrogens with two attached hydrogens (primary N) is 1. The van der Waals surface area contributed by atoms with Crippen LogP contribution in [0.1, 0.15) is 34.6 Å². The molecule has 0 aromatic rings. The van der Waals surface area contributed by atoms with Gasteiger partial charge in [0.1, 0.15) is 0 Å². The number of aliphatic imine (C=N–C) groups is 1. The van der Waals surface area contributed by atoms with E-state index in [0.717, 1.165) is 13.1 Å². The Labute approximate surface area is 82.0 Å². The van der Waals surface area contributed by atoms with Gasteiger partial charge in [-0.15, -0.1) is 0 Å². The normalized spacial score (nSPS) is 12.7. The summed E-state index contributed by atoms with van der Waals surface area (Å²) >= 11 is 0. The van der Waals surface area contributed by atoms with Gasteiger partial charge in [0, 0.05) is 19.1 Å². The molecular formula is C10H23N3. The van der Waals surface area contributed by atoms with Crippen molar-refractivity contribution in [2.75, 3.05) is 13.1 Å². The fourth-order valence-electron chi connectivity index (χ4n) is 1.22. The Balaban J connectivity index is 4.32. The van der Waals surface area contributed by atoms with Crippen LogP contribution in [0.3, 0.4) is 0 Å². The molecule has 0 aliphatic heterocycles. The van der Waals surface area contributed by atoms with E-state index in [2.05, 4.69) is 37.6 Å². The molecule has 0 atom stereocenters. The monoisotopic (exact) mass is 185 g/mol. The van der Waals surface area contributed by atoms with Crippen molar-refractivity contribution >= 4 is 5.96 Å². The second-order valence-electron chi connectivity index (χ2n) is 3.97. The van der Waals surface area contributed by atoms with Gasteiger partial charge in [-0.1, -0.05) is 13.8 Å². The highest BCUT2D eigenvalue weighted by atomic mass is 15.3. The predicted molar refractivity (Wildman–Crippen MR) is 58.8 cm³/mol. The maximum atomic E-state index is 5.85. The summed E-state index contributed by atoms with van der Waals surface area (Å²) in [5.74, 6) is 1.29. The Kier molecular flexibility index (Phi) is 5.51. The zero-order valence-corrected chi connectivity index (χ0v) is 9.54. The van der Waals surface area contributed by atoms with Crippen LogP contribution in [0.5, 0.6) is 0 Å². The first-order chi connectivity index (χ1) is 5.99. The van der Waals surface area contributed by atoms with Gasteiger partial charge in [0.2, 0.25) is 0 Å². The van der Waals surface area contributed by atoms with Crippen molar-refractivity contribution in [3.05, 3.63) is 0 Å². The molecule has 3 heteroatoms. The van der Waals surface area contributed by atoms with Crippen molar-refractivity contribution < 1.29 is 0 Å². The van der Waals surface area contributed by atoms with Gasteiger partial charge in [-0.2, -0.15) is 0 Å². The molecule has 0 aliphatic carbocycles. The van der Waals surface area contributed by atoms with Crippen molar-refractivity contribution in [3.8, 4) is 0 Å². The van der Waals surface area contributed by atoms with Crippen LogP contribution in [0.15, 0.2) is 4.99 Å². The molecular weight excluding hydrogens is 162 g/mol. The van der Waals surface area contributed by atoms with Gasteiger partial charge in [-0.05, 0) is 26.7 Å². The summed E-state index contributed by atoms with van der Waals surface area (Å²) in [6.07, 6.45) is 0. The number of rotatable bonds is 4. The molecule has 0 fully saturated rings. The zero-order valence-electron chi connectivity index (χ0n) is 9.54. The SMILES string of the molecule is CCN=C(N)N(CC(C)C)C(C)C. The van der Waals surface area contributed by atoms with Crippen molar-refractivity contribution in [2.45, 2.75) is 40.7 Å². The second kappa shape index (κ2) is 5.84. The van der Waals surface area contributed by atoms with E-state index in [1.807, 2.05) is 6.92 Å². The van der Waals surface area contributed by atoms with Gasteiger partial charge < -0.3 is 10.6 Å². The Morgan fingerprint density at radius 2 is 1.85 bits per heavy atom. The first kappa shape index (κ1) is 12.3. The summed E-state index contributed by atoms with van der Waals surface area (Å²) in [5.41, 5.74) is 5.85. The fourth-order valence-corrected chi connectivity index (χ4v) is 1.22. The molecule has 0 amide bonds. The standard InChI is InChI=1S/C10H23N3/c1-6-12-10(11)13(9(4)5)7-8(2)3/h8-9H,6-7H2,1-5H3,(H2,11,12). The number of nitrogens with zero attached hydrogens (tertiary/aromatic N) is 2. The molecule has 13 heavy (non-hydrogen) atoms. The van der Waals surface area contributed by atoms with Crippen LogP contribution in [0.25, 0.3) is 0 Å². The van der Waals surface area contributed by atoms with Gasteiger partial charge in [-0.3, -0.25) is 4.99 Å². The fraction of sp³-hybridized carbons (Fsp3) is 0.900. The first-order valence-corrected chi connectivity index (χ1v) is 5.05. The van der Waals surface area contributed by atoms with Crippen LogP contribution in [0.2, 0.25) is 0 Å². The smallest absolute Gasteiger partial charge is 0.191 e. The van der Waals surface area contributed by atoms with E-state index >= 15 is 0 Å². The summed E-state index contributed by atoms with van der Waals surface area (Å²) in [6.45, 7) is 12.4. The molecule has 0 aliphatic rings. The van der Waals surface area contributed by atoms with Crippen LogP contribution in [-0.2, 0) is 0 Å². The predicted octanol–water partition coefficient (Wildman–Crippen LogP) is 1.69. The summed E-state index contributed by atoms with van der Waals surface area (Å²) in [7, 11) is 0. The van der Waals surface area contributed by atoms with E-state index in [4.69, 9.17) is 5.73 Å². The first-order valence-electron chi connectivity index (χ1n) is 5.05. The van der Waals surface area contributed by atoms with Gasteiger partial charge >= 0.3 is 0 Å². The summed E-state index contributed by atoms with van der Waals surface area (Å²) in [5, 5.41) is 0. The Hall–Kier alpha value is -0.730. The molecule has 0 unspecified atom stereocenters. The molecule has 0 saturated carbocycles. The number of hydrogen-bond donors (Lipinski definition) is 1. The summed E-state index contributed by atoms with van der Waals surface area (Å²) < 4.78 is 0. The van der Waals surface area contributed by atoms with Crippen molar-refractivity contribution in [1.29, 1.82) is 0 Å². The van der Waals surface area contributed by atoms with Gasteiger partial charge in [0.25, 0.3) is 0 Å². The highest BCUT2D eigenvalue weighted by molar-refractivity contribution is 5.78. The molecule has 0 heterocycles. The summed E-state index contributed by atoms with van der Waals surface area (Å²) in [6, 6.07) is 0.428. The van der Waals surface area contributed by atoms with Crippen LogP contribution < -0.4 is 5.73 Å². The average molecular weight is 185 g/mol. The van der Waals surface area contributed by atoms with Crippen molar-refractivity contribution in [1.82, 2.24) is 4.90 Å². The molecule has 0 radical (unpaired) electrons. The van der Waals surface area contributed by atoms with Crippen LogP contribution in [0.4, 0.5) is 0 Å². The highest BCUT2D eigenvalue weighted by Gasteiger charge is 2.12. The quantitative estimate of drug-likeness (QED) is 0.535. The van der Waals surface area contributed by atoms with Crippen molar-refractivity contribution in [2.24, 2.45) is 16.6 Å². The molecule has 0 aromatic heterocycles. The van der Waals surface area contributed by atoms with Gasteiger partial charge in [0.15, 0.2) is 5.96 Å². The minimum atomic E-state index is 0.428. The minimum absolute atomic E-state index is 0.428. The third kappa shape index (κ3) is 4.76. The van der Waals surface area contributed by atoms with E-state index in [1.54, 1.807) is 0 Å². The molecule has 0 aromatic carbocycles. The highest BCUT2D eigenvalue weighted by Crippen LogP contribution is 2.03. The third-order valence-corrected chi connectivity index (χ3v) is 1.80. The van der Waals surface area contributed by atoms with Crippen molar-refractivity contribution in [3.63, 3.8) is 0 Å². The average Bonchev–Trinajstić information content (AvgIpc) is 1.99. The Bertz CT molecular complexity index is 162. The van der Waals surface area contributed by atoms with E-state index in [-0.39, 0.29) is 0 Å².